The van der Waals surface area contributed by atoms with Gasteiger partial charge in [0, 0.05) is 11.6 Å². The van der Waals surface area contributed by atoms with E-state index in [0.29, 0.717) is 9.12 Å². The zero-order valence-corrected chi connectivity index (χ0v) is 5.93. The predicted molar refractivity (Wildman–Crippen MR) is 33.9 cm³/mol. The van der Waals surface area contributed by atoms with Crippen molar-refractivity contribution in [2.75, 3.05) is 0 Å². The Kier molecular flexibility index (Phi) is 5.74. The predicted octanol–water partition coefficient (Wildman–Crippen LogP) is 1.08. The van der Waals surface area contributed by atoms with Gasteiger partial charge in [0.05, 0.1) is 14.6 Å². The van der Waals surface area contributed by atoms with Crippen LogP contribution in [-0.2, 0) is 4.57 Å². The van der Waals surface area contributed by atoms with E-state index < -0.39 is 0 Å². The number of aromatic nitrogens is 1. The van der Waals surface area contributed by atoms with Gasteiger partial charge in [0.2, 0.25) is 0 Å². The molecule has 0 aliphatic heterocycles. The van der Waals surface area contributed by atoms with Crippen LogP contribution in [0.5, 0.6) is 0 Å². The Hall–Kier alpha value is -0.140. The minimum Gasteiger partial charge on any atom is -0.333 e. The Morgan fingerprint density at radius 1 is 1.57 bits per heavy atom. The molecule has 1 rings (SSSR count). The second-order valence-corrected chi connectivity index (χ2v) is 1.43. The molecular weight excluding hydrogens is 129 g/mol. The fourth-order valence-electron chi connectivity index (χ4n) is 0.176. The third-order valence-electron chi connectivity index (χ3n) is 0.347. The summed E-state index contributed by atoms with van der Waals surface area (Å²) in [5.41, 5.74) is 1.79. The molecule has 0 amide bonds. The maximum absolute atomic E-state index is 8.28. The van der Waals surface area contributed by atoms with Crippen LogP contribution < -0.4 is 0 Å². The van der Waals surface area contributed by atoms with Gasteiger partial charge in [0.1, 0.15) is 0 Å². The maximum atomic E-state index is 8.28. The number of rotatable bonds is 0. The van der Waals surface area contributed by atoms with Gasteiger partial charge >= 0.3 is 0 Å². The van der Waals surface area contributed by atoms with Gasteiger partial charge in [-0.2, -0.15) is 0 Å². The Balaban J connectivity index is 0.000000162. The van der Waals surface area contributed by atoms with E-state index in [0.717, 1.165) is 0 Å². The average Bonchev–Trinajstić information content (AvgIpc) is 2.23. The second kappa shape index (κ2) is 5.86. The first-order valence-electron chi connectivity index (χ1n) is 1.61. The van der Waals surface area contributed by atoms with Crippen LogP contribution in [0.25, 0.3) is 0 Å². The molecule has 0 saturated carbocycles. The van der Waals surface area contributed by atoms with Crippen molar-refractivity contribution in [1.82, 2.24) is 4.98 Å². The quantitative estimate of drug-likeness (QED) is 0.498. The van der Waals surface area contributed by atoms with Gasteiger partial charge in [0.15, 0.2) is 0 Å². The van der Waals surface area contributed by atoms with Gasteiger partial charge in [-0.3, -0.25) is 4.98 Å². The van der Waals surface area contributed by atoms with Crippen molar-refractivity contribution in [1.29, 1.82) is 0 Å². The molecule has 0 bridgehead atoms. The summed E-state index contributed by atoms with van der Waals surface area (Å²) in [6, 6.07) is 0. The molecule has 0 spiro atoms. The summed E-state index contributed by atoms with van der Waals surface area (Å²) in [6.45, 7) is 0. The van der Waals surface area contributed by atoms with Gasteiger partial charge in [-0.05, 0) is 0 Å². The number of hydrogen-bond donors (Lipinski definition) is 0. The molecule has 40 valence electrons. The maximum Gasteiger partial charge on any atom is 0.0791 e. The molecule has 0 fully saturated rings. The van der Waals surface area contributed by atoms with E-state index in [1.54, 1.807) is 23.0 Å². The largest absolute Gasteiger partial charge is 0.333 e. The molecule has 1 aromatic heterocycles. The lowest BCUT2D eigenvalue weighted by Crippen LogP contribution is -1.38. The molecule has 0 N–H and O–H groups in total. The zero-order valence-electron chi connectivity index (χ0n) is 3.70. The van der Waals surface area contributed by atoms with E-state index in [4.69, 9.17) is 4.57 Å². The first kappa shape index (κ1) is 6.86. The fourth-order valence-corrected chi connectivity index (χ4v) is 0.527. The molecule has 0 aromatic carbocycles. The minimum absolute atomic E-state index is 0.611. The standard InChI is InChI=1S/C3H3NS.H3OP/c1-2-5-3-4-1;1-2/h1-3H;2H3. The monoisotopic (exact) mass is 135 g/mol. The molecule has 2 nitrogen and oxygen atoms in total. The van der Waals surface area contributed by atoms with Crippen LogP contribution >= 0.6 is 20.5 Å². The molecule has 0 aliphatic rings. The highest BCUT2D eigenvalue weighted by Crippen LogP contribution is 1.85. The molecule has 1 unspecified atom stereocenters. The second-order valence-electron chi connectivity index (χ2n) is 0.676. The lowest BCUT2D eigenvalue weighted by atomic mass is 11.0. The molecular formula is C3H6NOPS. The highest BCUT2D eigenvalue weighted by Gasteiger charge is 1.59. The Labute approximate surface area is 47.8 Å². The first-order chi connectivity index (χ1) is 3.50. The molecule has 7 heavy (non-hydrogen) atoms. The summed E-state index contributed by atoms with van der Waals surface area (Å²) >= 11 is 1.60. The van der Waals surface area contributed by atoms with Crippen molar-refractivity contribution in [2.45, 2.75) is 0 Å². The van der Waals surface area contributed by atoms with Crippen LogP contribution in [0.15, 0.2) is 17.1 Å². The van der Waals surface area contributed by atoms with Gasteiger partial charge in [-0.15, -0.1) is 11.3 Å². The lowest BCUT2D eigenvalue weighted by Gasteiger charge is -1.41. The topological polar surface area (TPSA) is 30.0 Å². The number of thiazole rings is 1. The minimum atomic E-state index is 0.611. The van der Waals surface area contributed by atoms with E-state index in [1.807, 2.05) is 5.38 Å². The van der Waals surface area contributed by atoms with Gasteiger partial charge < -0.3 is 4.57 Å². The Bertz CT molecular complexity index is 81.8. The van der Waals surface area contributed by atoms with Crippen LogP contribution in [0.4, 0.5) is 0 Å². The summed E-state index contributed by atoms with van der Waals surface area (Å²) in [4.78, 5) is 3.74. The van der Waals surface area contributed by atoms with Gasteiger partial charge in [-0.1, -0.05) is 0 Å². The number of hydrogen-bond acceptors (Lipinski definition) is 3. The summed E-state index contributed by atoms with van der Waals surface area (Å²) in [5.74, 6) is 0. The van der Waals surface area contributed by atoms with Crippen molar-refractivity contribution in [3.05, 3.63) is 17.1 Å². The molecule has 0 saturated heterocycles. The number of nitrogens with zero attached hydrogens (tertiary/aromatic N) is 1. The Morgan fingerprint density at radius 3 is 2.43 bits per heavy atom. The van der Waals surface area contributed by atoms with E-state index in [1.165, 1.54) is 0 Å². The van der Waals surface area contributed by atoms with Crippen LogP contribution in [-0.4, -0.2) is 4.98 Å². The lowest BCUT2D eigenvalue weighted by molar-refractivity contribution is 0.607. The van der Waals surface area contributed by atoms with E-state index in [2.05, 4.69) is 4.98 Å². The third kappa shape index (κ3) is 3.70. The molecule has 1 heterocycles. The summed E-state index contributed by atoms with van der Waals surface area (Å²) < 4.78 is 8.28. The first-order valence-corrected chi connectivity index (χ1v) is 3.13. The fraction of sp³-hybridized carbons (Fsp3) is 0. The Morgan fingerprint density at radius 2 is 2.29 bits per heavy atom. The van der Waals surface area contributed by atoms with Gasteiger partial charge in [0.25, 0.3) is 0 Å². The average molecular weight is 135 g/mol. The molecule has 4 heteroatoms. The zero-order chi connectivity index (χ0) is 5.54. The SMILES string of the molecule is O=[PH3].c1cscn1. The van der Waals surface area contributed by atoms with Gasteiger partial charge in [-0.25, -0.2) is 0 Å². The smallest absolute Gasteiger partial charge is 0.0791 e. The normalized spacial score (nSPS) is 6.86. The van der Waals surface area contributed by atoms with Crippen LogP contribution in [0.1, 0.15) is 0 Å². The van der Waals surface area contributed by atoms with E-state index in [-0.39, 0.29) is 0 Å². The van der Waals surface area contributed by atoms with Crippen molar-refractivity contribution in [2.24, 2.45) is 0 Å². The summed E-state index contributed by atoms with van der Waals surface area (Å²) in [7, 11) is 0.611. The van der Waals surface area contributed by atoms with Crippen LogP contribution in [0.2, 0.25) is 0 Å². The van der Waals surface area contributed by atoms with Crippen LogP contribution in [0.3, 0.4) is 0 Å². The molecule has 1 aromatic rings. The van der Waals surface area contributed by atoms with E-state index >= 15 is 0 Å². The molecule has 0 aliphatic carbocycles. The highest BCUT2D eigenvalue weighted by atomic mass is 32.1. The molecule has 0 radical (unpaired) electrons. The van der Waals surface area contributed by atoms with Crippen molar-refractivity contribution < 1.29 is 4.57 Å². The van der Waals surface area contributed by atoms with Crippen molar-refractivity contribution in [3.8, 4) is 0 Å². The van der Waals surface area contributed by atoms with Crippen LogP contribution in [0, 0.1) is 0 Å². The molecule has 1 atom stereocenters. The van der Waals surface area contributed by atoms with Crippen molar-refractivity contribution >= 4 is 20.5 Å². The highest BCUT2D eigenvalue weighted by molar-refractivity contribution is 7.07. The summed E-state index contributed by atoms with van der Waals surface area (Å²) in [5, 5.41) is 1.93. The summed E-state index contributed by atoms with van der Waals surface area (Å²) in [6.07, 6.45) is 1.77. The van der Waals surface area contributed by atoms with Crippen molar-refractivity contribution in [3.63, 3.8) is 0 Å². The van der Waals surface area contributed by atoms with E-state index in [9.17, 15) is 0 Å². The third-order valence-corrected chi connectivity index (χ3v) is 0.869.